The van der Waals surface area contributed by atoms with E-state index in [9.17, 15) is 0 Å². The van der Waals surface area contributed by atoms with Crippen molar-refractivity contribution in [1.29, 1.82) is 0 Å². The highest BCUT2D eigenvalue weighted by molar-refractivity contribution is 4.93. The molecule has 0 bridgehead atoms. The van der Waals surface area contributed by atoms with Crippen molar-refractivity contribution in [2.24, 2.45) is 17.8 Å². The Morgan fingerprint density at radius 2 is 1.90 bits per heavy atom. The molecule has 1 saturated heterocycles. The molecular formula is C18H36N2. The summed E-state index contributed by atoms with van der Waals surface area (Å²) in [7, 11) is 0. The van der Waals surface area contributed by atoms with E-state index in [0.29, 0.717) is 6.04 Å². The van der Waals surface area contributed by atoms with Crippen molar-refractivity contribution in [3.63, 3.8) is 0 Å². The number of nitrogens with zero attached hydrogens (tertiary/aromatic N) is 1. The van der Waals surface area contributed by atoms with Crippen LogP contribution in [0, 0.1) is 17.8 Å². The first-order valence-corrected chi connectivity index (χ1v) is 8.96. The molecule has 0 aromatic rings. The van der Waals surface area contributed by atoms with E-state index in [0.717, 1.165) is 29.8 Å². The highest BCUT2D eigenvalue weighted by Gasteiger charge is 2.35. The van der Waals surface area contributed by atoms with Crippen LogP contribution < -0.4 is 5.32 Å². The molecular weight excluding hydrogens is 244 g/mol. The molecule has 0 aromatic heterocycles. The van der Waals surface area contributed by atoms with E-state index in [1.54, 1.807) is 0 Å². The SMILES string of the molecule is CC(C)CC1CN(C2CCCC(C)C2)C(C(C)C)CN1. The molecule has 2 rings (SSSR count). The van der Waals surface area contributed by atoms with Crippen LogP contribution in [-0.4, -0.2) is 36.1 Å². The van der Waals surface area contributed by atoms with Gasteiger partial charge in [0.2, 0.25) is 0 Å². The van der Waals surface area contributed by atoms with Crippen molar-refractivity contribution in [3.8, 4) is 0 Å². The third-order valence-electron chi connectivity index (χ3n) is 5.38. The summed E-state index contributed by atoms with van der Waals surface area (Å²) in [4.78, 5) is 2.89. The molecule has 0 spiro atoms. The van der Waals surface area contributed by atoms with E-state index in [2.05, 4.69) is 44.8 Å². The topological polar surface area (TPSA) is 15.3 Å². The van der Waals surface area contributed by atoms with Crippen molar-refractivity contribution in [1.82, 2.24) is 10.2 Å². The van der Waals surface area contributed by atoms with Crippen LogP contribution in [0.4, 0.5) is 0 Å². The lowest BCUT2D eigenvalue weighted by atomic mass is 9.83. The third-order valence-corrected chi connectivity index (χ3v) is 5.38. The largest absolute Gasteiger partial charge is 0.311 e. The number of hydrogen-bond donors (Lipinski definition) is 1. The molecule has 1 saturated carbocycles. The molecule has 1 heterocycles. The Hall–Kier alpha value is -0.0800. The van der Waals surface area contributed by atoms with Crippen LogP contribution in [0.1, 0.15) is 66.7 Å². The van der Waals surface area contributed by atoms with Crippen LogP contribution in [0.15, 0.2) is 0 Å². The van der Waals surface area contributed by atoms with Crippen molar-refractivity contribution < 1.29 is 0 Å². The lowest BCUT2D eigenvalue weighted by Crippen LogP contribution is -2.61. The molecule has 118 valence electrons. The normalized spacial score (nSPS) is 36.8. The lowest BCUT2D eigenvalue weighted by molar-refractivity contribution is 0.0270. The zero-order valence-corrected chi connectivity index (χ0v) is 14.4. The van der Waals surface area contributed by atoms with Gasteiger partial charge in [-0.1, -0.05) is 47.5 Å². The fraction of sp³-hybridized carbons (Fsp3) is 1.00. The summed E-state index contributed by atoms with van der Waals surface area (Å²) < 4.78 is 0. The van der Waals surface area contributed by atoms with Gasteiger partial charge in [-0.3, -0.25) is 4.90 Å². The van der Waals surface area contributed by atoms with Crippen LogP contribution in [0.2, 0.25) is 0 Å². The number of nitrogens with one attached hydrogen (secondary N) is 1. The maximum absolute atomic E-state index is 3.82. The van der Waals surface area contributed by atoms with Gasteiger partial charge >= 0.3 is 0 Å². The van der Waals surface area contributed by atoms with Gasteiger partial charge in [-0.15, -0.1) is 0 Å². The van der Waals surface area contributed by atoms with Crippen LogP contribution in [0.3, 0.4) is 0 Å². The Morgan fingerprint density at radius 1 is 1.15 bits per heavy atom. The molecule has 1 N–H and O–H groups in total. The molecule has 4 unspecified atom stereocenters. The van der Waals surface area contributed by atoms with E-state index in [-0.39, 0.29) is 0 Å². The minimum atomic E-state index is 0.710. The second-order valence-corrected chi connectivity index (χ2v) is 8.17. The lowest BCUT2D eigenvalue weighted by Gasteiger charge is -2.48. The van der Waals surface area contributed by atoms with Gasteiger partial charge in [0.05, 0.1) is 0 Å². The molecule has 1 aliphatic carbocycles. The van der Waals surface area contributed by atoms with Crippen molar-refractivity contribution >= 4 is 0 Å². The molecule has 0 radical (unpaired) electrons. The van der Waals surface area contributed by atoms with Crippen molar-refractivity contribution in [2.75, 3.05) is 13.1 Å². The van der Waals surface area contributed by atoms with Gasteiger partial charge in [-0.25, -0.2) is 0 Å². The quantitative estimate of drug-likeness (QED) is 0.840. The van der Waals surface area contributed by atoms with Crippen molar-refractivity contribution in [2.45, 2.75) is 84.8 Å². The molecule has 0 amide bonds. The smallest absolute Gasteiger partial charge is 0.0247 e. The Kier molecular flexibility index (Phi) is 5.92. The van der Waals surface area contributed by atoms with Crippen LogP contribution >= 0.6 is 0 Å². The monoisotopic (exact) mass is 280 g/mol. The fourth-order valence-corrected chi connectivity index (χ4v) is 4.33. The summed E-state index contributed by atoms with van der Waals surface area (Å²) >= 11 is 0. The Morgan fingerprint density at radius 3 is 2.50 bits per heavy atom. The minimum Gasteiger partial charge on any atom is -0.311 e. The predicted molar refractivity (Wildman–Crippen MR) is 88.0 cm³/mol. The van der Waals surface area contributed by atoms with Gasteiger partial charge in [0.25, 0.3) is 0 Å². The van der Waals surface area contributed by atoms with Gasteiger partial charge in [-0.05, 0) is 37.0 Å². The first-order valence-electron chi connectivity index (χ1n) is 8.96. The van der Waals surface area contributed by atoms with Crippen molar-refractivity contribution in [3.05, 3.63) is 0 Å². The molecule has 4 atom stereocenters. The summed E-state index contributed by atoms with van der Waals surface area (Å²) in [5.74, 6) is 2.50. The molecule has 1 aliphatic heterocycles. The van der Waals surface area contributed by atoms with E-state index >= 15 is 0 Å². The Labute approximate surface area is 126 Å². The Balaban J connectivity index is 2.02. The predicted octanol–water partition coefficient (Wildman–Crippen LogP) is 3.91. The van der Waals surface area contributed by atoms with Crippen LogP contribution in [-0.2, 0) is 0 Å². The van der Waals surface area contributed by atoms with Gasteiger partial charge in [0, 0.05) is 31.2 Å². The average Bonchev–Trinajstić information content (AvgIpc) is 2.37. The zero-order chi connectivity index (χ0) is 14.7. The average molecular weight is 280 g/mol. The molecule has 2 fully saturated rings. The summed E-state index contributed by atoms with van der Waals surface area (Å²) in [5.41, 5.74) is 0. The maximum atomic E-state index is 3.82. The van der Waals surface area contributed by atoms with E-state index in [1.807, 2.05) is 0 Å². The number of rotatable bonds is 4. The second-order valence-electron chi connectivity index (χ2n) is 8.17. The van der Waals surface area contributed by atoms with Gasteiger partial charge in [0.15, 0.2) is 0 Å². The molecule has 2 aliphatic rings. The number of hydrogen-bond acceptors (Lipinski definition) is 2. The standard InChI is InChI=1S/C18H36N2/c1-13(2)9-16-12-20(18(11-19-16)14(3)4)17-8-6-7-15(5)10-17/h13-19H,6-12H2,1-5H3. The number of piperazine rings is 1. The Bertz CT molecular complexity index is 287. The summed E-state index contributed by atoms with van der Waals surface area (Å²) in [6.07, 6.45) is 7.07. The summed E-state index contributed by atoms with van der Waals surface area (Å²) in [6.45, 7) is 14.4. The van der Waals surface area contributed by atoms with Gasteiger partial charge in [-0.2, -0.15) is 0 Å². The van der Waals surface area contributed by atoms with E-state index in [4.69, 9.17) is 0 Å². The highest BCUT2D eigenvalue weighted by atomic mass is 15.3. The summed E-state index contributed by atoms with van der Waals surface area (Å²) in [5, 5.41) is 3.82. The highest BCUT2D eigenvalue weighted by Crippen LogP contribution is 2.31. The summed E-state index contributed by atoms with van der Waals surface area (Å²) in [6, 6.07) is 2.30. The maximum Gasteiger partial charge on any atom is 0.0247 e. The van der Waals surface area contributed by atoms with E-state index < -0.39 is 0 Å². The fourth-order valence-electron chi connectivity index (χ4n) is 4.33. The van der Waals surface area contributed by atoms with Crippen LogP contribution in [0.25, 0.3) is 0 Å². The third kappa shape index (κ3) is 4.21. The first kappa shape index (κ1) is 16.3. The zero-order valence-electron chi connectivity index (χ0n) is 14.4. The van der Waals surface area contributed by atoms with Crippen LogP contribution in [0.5, 0.6) is 0 Å². The molecule has 0 aromatic carbocycles. The molecule has 2 heteroatoms. The van der Waals surface area contributed by atoms with Gasteiger partial charge < -0.3 is 5.32 Å². The first-order chi connectivity index (χ1) is 9.47. The second kappa shape index (κ2) is 7.26. The van der Waals surface area contributed by atoms with E-state index in [1.165, 1.54) is 45.2 Å². The molecule has 2 nitrogen and oxygen atoms in total. The van der Waals surface area contributed by atoms with Gasteiger partial charge in [0.1, 0.15) is 0 Å². The molecule has 20 heavy (non-hydrogen) atoms. The minimum absolute atomic E-state index is 0.710.